The van der Waals surface area contributed by atoms with Crippen LogP contribution in [0.25, 0.3) is 16.8 Å². The molecule has 24 heavy (non-hydrogen) atoms. The molecule has 0 bridgehead atoms. The number of carbonyl (C=O) groups excluding carboxylic acids is 1. The number of carbonyl (C=O) groups is 2. The Balaban J connectivity index is 1.87. The summed E-state index contributed by atoms with van der Waals surface area (Å²) >= 11 is 1.41. The summed E-state index contributed by atoms with van der Waals surface area (Å²) in [5, 5.41) is 11.0. The van der Waals surface area contributed by atoms with Gasteiger partial charge in [0, 0.05) is 22.7 Å². The first-order chi connectivity index (χ1) is 11.6. The van der Waals surface area contributed by atoms with Gasteiger partial charge in [-0.3, -0.25) is 9.59 Å². The molecule has 6 heteroatoms. The summed E-state index contributed by atoms with van der Waals surface area (Å²) < 4.78 is 7.15. The molecule has 3 aromatic rings. The van der Waals surface area contributed by atoms with Crippen LogP contribution in [0, 0.1) is 0 Å². The topological polar surface area (TPSA) is 68.5 Å². The molecule has 0 atom stereocenters. The van der Waals surface area contributed by atoms with Crippen molar-refractivity contribution in [3.8, 4) is 22.6 Å². The van der Waals surface area contributed by atoms with Crippen molar-refractivity contribution in [3.05, 3.63) is 58.0 Å². The van der Waals surface area contributed by atoms with Crippen LogP contribution >= 0.6 is 11.3 Å². The van der Waals surface area contributed by atoms with Crippen molar-refractivity contribution in [1.82, 2.24) is 4.57 Å². The second kappa shape index (κ2) is 5.35. The molecular weight excluding hydrogens is 326 g/mol. The van der Waals surface area contributed by atoms with Gasteiger partial charge in [0.15, 0.2) is 0 Å². The second-order valence-corrected chi connectivity index (χ2v) is 6.40. The van der Waals surface area contributed by atoms with Gasteiger partial charge >= 0.3 is 5.97 Å². The number of hydrogen-bond acceptors (Lipinski definition) is 4. The van der Waals surface area contributed by atoms with E-state index in [0.29, 0.717) is 17.0 Å². The van der Waals surface area contributed by atoms with Crippen molar-refractivity contribution >= 4 is 23.1 Å². The lowest BCUT2D eigenvalue weighted by Crippen LogP contribution is -2.02. The minimum absolute atomic E-state index is 0.0329. The van der Waals surface area contributed by atoms with E-state index in [9.17, 15) is 9.59 Å². The van der Waals surface area contributed by atoms with Gasteiger partial charge in [-0.1, -0.05) is 6.07 Å². The van der Waals surface area contributed by atoms with Crippen LogP contribution in [-0.4, -0.2) is 28.5 Å². The number of fused-ring (bicyclic) bond motifs is 3. The van der Waals surface area contributed by atoms with Gasteiger partial charge in [-0.2, -0.15) is 0 Å². The van der Waals surface area contributed by atoms with Crippen LogP contribution in [0.15, 0.2) is 41.9 Å². The SMILES string of the molecule is COc1ccc(-c2csc3c2-n2cccc2C3=O)cc1CC(=O)O. The van der Waals surface area contributed by atoms with Gasteiger partial charge in [-0.05, 0) is 29.8 Å². The van der Waals surface area contributed by atoms with Crippen molar-refractivity contribution < 1.29 is 19.4 Å². The third-order valence-electron chi connectivity index (χ3n) is 4.13. The van der Waals surface area contributed by atoms with E-state index in [4.69, 9.17) is 9.84 Å². The number of ketones is 1. The molecule has 120 valence electrons. The summed E-state index contributed by atoms with van der Waals surface area (Å²) in [7, 11) is 1.52. The van der Waals surface area contributed by atoms with Gasteiger partial charge in [0.2, 0.25) is 5.78 Å². The lowest BCUT2D eigenvalue weighted by Gasteiger charge is -2.10. The van der Waals surface area contributed by atoms with Crippen LogP contribution < -0.4 is 4.74 Å². The monoisotopic (exact) mass is 339 g/mol. The maximum Gasteiger partial charge on any atom is 0.307 e. The second-order valence-electron chi connectivity index (χ2n) is 5.52. The van der Waals surface area contributed by atoms with E-state index in [0.717, 1.165) is 21.7 Å². The molecule has 1 aliphatic rings. The van der Waals surface area contributed by atoms with Crippen molar-refractivity contribution in [3.63, 3.8) is 0 Å². The summed E-state index contributed by atoms with van der Waals surface area (Å²) in [5.74, 6) is -0.333. The van der Waals surface area contributed by atoms with Crippen molar-refractivity contribution in [2.75, 3.05) is 7.11 Å². The first-order valence-electron chi connectivity index (χ1n) is 7.33. The fourth-order valence-electron chi connectivity index (χ4n) is 3.08. The maximum atomic E-state index is 12.4. The van der Waals surface area contributed by atoms with Gasteiger partial charge in [0.05, 0.1) is 24.9 Å². The van der Waals surface area contributed by atoms with Crippen LogP contribution in [0.5, 0.6) is 5.75 Å². The Kier molecular flexibility index (Phi) is 3.28. The van der Waals surface area contributed by atoms with Gasteiger partial charge in [-0.25, -0.2) is 0 Å². The third kappa shape index (κ3) is 2.07. The average Bonchev–Trinajstić information content (AvgIpc) is 3.23. The van der Waals surface area contributed by atoms with Crippen LogP contribution in [0.3, 0.4) is 0 Å². The van der Waals surface area contributed by atoms with Crippen LogP contribution in [0.2, 0.25) is 0 Å². The fraction of sp³-hybridized carbons (Fsp3) is 0.111. The quantitative estimate of drug-likeness (QED) is 0.619. The minimum Gasteiger partial charge on any atom is -0.496 e. The predicted molar refractivity (Wildman–Crippen MR) is 90.4 cm³/mol. The number of aliphatic carboxylic acids is 1. The van der Waals surface area contributed by atoms with Gasteiger partial charge < -0.3 is 14.4 Å². The number of rotatable bonds is 4. The van der Waals surface area contributed by atoms with E-state index < -0.39 is 5.97 Å². The number of hydrogen-bond donors (Lipinski definition) is 1. The van der Waals surface area contributed by atoms with Crippen molar-refractivity contribution in [2.24, 2.45) is 0 Å². The maximum absolute atomic E-state index is 12.4. The summed E-state index contributed by atoms with van der Waals surface area (Å²) in [4.78, 5) is 24.2. The number of nitrogens with zero attached hydrogens (tertiary/aromatic N) is 1. The zero-order valence-corrected chi connectivity index (χ0v) is 13.6. The van der Waals surface area contributed by atoms with Gasteiger partial charge in [0.25, 0.3) is 0 Å². The Morgan fingerprint density at radius 2 is 2.17 bits per heavy atom. The first kappa shape index (κ1) is 14.7. The number of aromatic nitrogens is 1. The highest BCUT2D eigenvalue weighted by Gasteiger charge is 2.30. The Bertz CT molecular complexity index is 983. The van der Waals surface area contributed by atoms with E-state index in [1.165, 1.54) is 18.4 Å². The summed E-state index contributed by atoms with van der Waals surface area (Å²) in [6.45, 7) is 0. The molecule has 1 aliphatic heterocycles. The number of methoxy groups -OCH3 is 1. The number of thiophene rings is 1. The molecule has 0 aliphatic carbocycles. The molecule has 0 radical (unpaired) electrons. The van der Waals surface area contributed by atoms with Gasteiger partial charge in [0.1, 0.15) is 10.6 Å². The Morgan fingerprint density at radius 3 is 2.92 bits per heavy atom. The summed E-state index contributed by atoms with van der Waals surface area (Å²) in [6, 6.07) is 9.13. The molecule has 3 heterocycles. The molecule has 0 spiro atoms. The highest BCUT2D eigenvalue weighted by atomic mass is 32.1. The van der Waals surface area contributed by atoms with E-state index in [2.05, 4.69) is 0 Å². The predicted octanol–water partition coefficient (Wildman–Crippen LogP) is 3.39. The van der Waals surface area contributed by atoms with Crippen LogP contribution in [-0.2, 0) is 11.2 Å². The lowest BCUT2D eigenvalue weighted by molar-refractivity contribution is -0.136. The number of ether oxygens (including phenoxy) is 1. The largest absolute Gasteiger partial charge is 0.496 e. The zero-order valence-electron chi connectivity index (χ0n) is 12.8. The molecule has 0 unspecified atom stereocenters. The molecule has 0 saturated heterocycles. The average molecular weight is 339 g/mol. The molecule has 0 saturated carbocycles. The first-order valence-corrected chi connectivity index (χ1v) is 8.21. The molecule has 4 rings (SSSR count). The Morgan fingerprint density at radius 1 is 1.33 bits per heavy atom. The molecule has 1 aromatic carbocycles. The summed E-state index contributed by atoms with van der Waals surface area (Å²) in [5.41, 5.74) is 3.94. The smallest absolute Gasteiger partial charge is 0.307 e. The lowest BCUT2D eigenvalue weighted by atomic mass is 10.0. The Hall–Kier alpha value is -2.86. The highest BCUT2D eigenvalue weighted by molar-refractivity contribution is 7.13. The molecule has 2 aromatic heterocycles. The normalized spacial score (nSPS) is 12.1. The minimum atomic E-state index is -0.913. The molecule has 1 N–H and O–H groups in total. The van der Waals surface area contributed by atoms with E-state index in [1.807, 2.05) is 40.4 Å². The van der Waals surface area contributed by atoms with Crippen LogP contribution in [0.1, 0.15) is 20.9 Å². The third-order valence-corrected chi connectivity index (χ3v) is 5.09. The number of carboxylic acid groups (broad SMARTS) is 1. The van der Waals surface area contributed by atoms with Crippen molar-refractivity contribution in [1.29, 1.82) is 0 Å². The molecule has 5 nitrogen and oxygen atoms in total. The molecule has 0 fully saturated rings. The highest BCUT2D eigenvalue weighted by Crippen LogP contribution is 2.41. The van der Waals surface area contributed by atoms with E-state index >= 15 is 0 Å². The summed E-state index contributed by atoms with van der Waals surface area (Å²) in [6.07, 6.45) is 1.76. The number of benzene rings is 1. The standard InChI is InChI=1S/C18H13NO4S/c1-23-14-5-4-10(7-11(14)8-15(20)21)12-9-24-18-16(12)19-6-2-3-13(19)17(18)22/h2-7,9H,8H2,1H3,(H,20,21). The van der Waals surface area contributed by atoms with Crippen LogP contribution in [0.4, 0.5) is 0 Å². The van der Waals surface area contributed by atoms with E-state index in [1.54, 1.807) is 6.07 Å². The van der Waals surface area contributed by atoms with Crippen molar-refractivity contribution in [2.45, 2.75) is 6.42 Å². The Labute approximate surface area is 141 Å². The molecular formula is C18H13NO4S. The molecule has 0 amide bonds. The van der Waals surface area contributed by atoms with E-state index in [-0.39, 0.29) is 12.2 Å². The zero-order chi connectivity index (χ0) is 16.8. The van der Waals surface area contributed by atoms with Gasteiger partial charge in [-0.15, -0.1) is 11.3 Å². The fourth-order valence-corrected chi connectivity index (χ4v) is 4.10. The number of carboxylic acids is 1.